The number of ether oxygens (including phenoxy) is 1. The molecule has 35 heavy (non-hydrogen) atoms. The van der Waals surface area contributed by atoms with E-state index in [0.717, 1.165) is 10.8 Å². The average Bonchev–Trinajstić information content (AvgIpc) is 2.91. The third kappa shape index (κ3) is 4.37. The largest absolute Gasteiger partial charge is 0.457 e. The van der Waals surface area contributed by atoms with Crippen LogP contribution in [0, 0.1) is 0 Å². The lowest BCUT2D eigenvalue weighted by atomic mass is 10.0. The Morgan fingerprint density at radius 2 is 1.31 bits per heavy atom. The van der Waals surface area contributed by atoms with Gasteiger partial charge in [0.1, 0.15) is 12.2 Å². The first-order chi connectivity index (χ1) is 17.0. The molecule has 0 radical (unpaired) electrons. The van der Waals surface area contributed by atoms with Crippen molar-refractivity contribution in [1.29, 1.82) is 0 Å². The van der Waals surface area contributed by atoms with Crippen molar-refractivity contribution in [1.82, 2.24) is 0 Å². The summed E-state index contributed by atoms with van der Waals surface area (Å²) in [6, 6.07) is 26.5. The molecule has 0 aliphatic heterocycles. The number of carbonyl (C=O) groups is 3. The number of ketones is 2. The molecule has 0 saturated carbocycles. The van der Waals surface area contributed by atoms with Crippen LogP contribution in [0.25, 0.3) is 21.7 Å². The van der Waals surface area contributed by atoms with Crippen LogP contribution in [0.2, 0.25) is 0 Å². The summed E-state index contributed by atoms with van der Waals surface area (Å²) in [6.45, 7) is -0.137. The van der Waals surface area contributed by atoms with Gasteiger partial charge in [0, 0.05) is 28.1 Å². The summed E-state index contributed by atoms with van der Waals surface area (Å²) in [4.78, 5) is 49.6. The van der Waals surface area contributed by atoms with Gasteiger partial charge in [-0.3, -0.25) is 9.59 Å². The maximum atomic E-state index is 12.7. The average molecular weight is 462 g/mol. The summed E-state index contributed by atoms with van der Waals surface area (Å²) < 4.78 is 10.8. The van der Waals surface area contributed by atoms with Gasteiger partial charge >= 0.3 is 11.6 Å². The molecule has 0 spiro atoms. The van der Waals surface area contributed by atoms with Crippen LogP contribution < -0.4 is 5.63 Å². The van der Waals surface area contributed by atoms with Gasteiger partial charge in [-0.2, -0.15) is 0 Å². The highest BCUT2D eigenvalue weighted by molar-refractivity contribution is 6.49. The molecular weight excluding hydrogens is 444 g/mol. The summed E-state index contributed by atoms with van der Waals surface area (Å²) in [5, 5.41) is 2.55. The Morgan fingerprint density at radius 1 is 0.686 bits per heavy atom. The summed E-state index contributed by atoms with van der Waals surface area (Å²) in [5.41, 5.74) is 1.09. The zero-order valence-electron chi connectivity index (χ0n) is 18.4. The number of fused-ring (bicyclic) bond motifs is 3. The lowest BCUT2D eigenvalue weighted by Crippen LogP contribution is -2.14. The molecule has 5 aromatic rings. The van der Waals surface area contributed by atoms with Gasteiger partial charge in [-0.05, 0) is 29.0 Å². The molecule has 0 aliphatic carbocycles. The number of Topliss-reactive ketones (excluding diaryl/α,β-unsaturated/α-hetero) is 2. The van der Waals surface area contributed by atoms with Crippen LogP contribution in [0.1, 0.15) is 36.6 Å². The number of rotatable bonds is 6. The quantitative estimate of drug-likeness (QED) is 0.111. The van der Waals surface area contributed by atoms with Gasteiger partial charge in [0.05, 0.1) is 5.56 Å². The zero-order chi connectivity index (χ0) is 24.4. The molecule has 6 heteroatoms. The van der Waals surface area contributed by atoms with Crippen molar-refractivity contribution in [2.75, 3.05) is 0 Å². The van der Waals surface area contributed by atoms with Gasteiger partial charge in [-0.15, -0.1) is 0 Å². The molecule has 0 bridgehead atoms. The van der Waals surface area contributed by atoms with E-state index in [0.29, 0.717) is 22.1 Å². The fourth-order valence-electron chi connectivity index (χ4n) is 3.97. The second kappa shape index (κ2) is 9.19. The predicted molar refractivity (Wildman–Crippen MR) is 131 cm³/mol. The summed E-state index contributed by atoms with van der Waals surface area (Å²) in [7, 11) is 0. The first-order valence-electron chi connectivity index (χ1n) is 10.9. The highest BCUT2D eigenvalue weighted by Gasteiger charge is 2.19. The molecular formula is C29H18O6. The van der Waals surface area contributed by atoms with Crippen LogP contribution in [0.3, 0.4) is 0 Å². The van der Waals surface area contributed by atoms with Gasteiger partial charge < -0.3 is 9.15 Å². The van der Waals surface area contributed by atoms with Gasteiger partial charge in [0.25, 0.3) is 0 Å². The lowest BCUT2D eigenvalue weighted by molar-refractivity contribution is 0.0473. The molecule has 0 atom stereocenters. The Balaban J connectivity index is 1.36. The lowest BCUT2D eigenvalue weighted by Gasteiger charge is -2.10. The van der Waals surface area contributed by atoms with Crippen molar-refractivity contribution in [2.24, 2.45) is 0 Å². The van der Waals surface area contributed by atoms with Crippen molar-refractivity contribution < 1.29 is 23.5 Å². The topological polar surface area (TPSA) is 90.7 Å². The third-order valence-electron chi connectivity index (χ3n) is 5.70. The van der Waals surface area contributed by atoms with E-state index < -0.39 is 23.2 Å². The Labute approximate surface area is 199 Å². The maximum Gasteiger partial charge on any atom is 0.338 e. The van der Waals surface area contributed by atoms with E-state index in [2.05, 4.69) is 0 Å². The standard InChI is InChI=1S/C29H18O6/c30-25-16-22(26-23-9-5-4-6-18(23)14-15-24(26)35-25)17-34-29(33)21-12-10-20(11-13-21)28(32)27(31)19-7-2-1-3-8-19/h1-16H,17H2. The molecule has 1 heterocycles. The highest BCUT2D eigenvalue weighted by atomic mass is 16.5. The molecule has 5 rings (SSSR count). The molecule has 6 nitrogen and oxygen atoms in total. The van der Waals surface area contributed by atoms with E-state index in [1.54, 1.807) is 36.4 Å². The number of hydrogen-bond acceptors (Lipinski definition) is 6. The molecule has 0 fully saturated rings. The minimum Gasteiger partial charge on any atom is -0.457 e. The highest BCUT2D eigenvalue weighted by Crippen LogP contribution is 2.28. The number of benzene rings is 4. The van der Waals surface area contributed by atoms with Crippen molar-refractivity contribution in [3.05, 3.63) is 130 Å². The molecule has 0 aliphatic rings. The van der Waals surface area contributed by atoms with Crippen LogP contribution in [-0.4, -0.2) is 17.5 Å². The van der Waals surface area contributed by atoms with E-state index in [1.807, 2.05) is 30.3 Å². The molecule has 4 aromatic carbocycles. The minimum absolute atomic E-state index is 0.137. The van der Waals surface area contributed by atoms with Gasteiger partial charge in [0.2, 0.25) is 11.6 Å². The third-order valence-corrected chi connectivity index (χ3v) is 5.70. The molecule has 0 amide bonds. The summed E-state index contributed by atoms with van der Waals surface area (Å²) in [5.74, 6) is -1.91. The monoisotopic (exact) mass is 462 g/mol. The fourth-order valence-corrected chi connectivity index (χ4v) is 3.97. The Hall–Kier alpha value is -4.84. The number of esters is 1. The van der Waals surface area contributed by atoms with E-state index in [9.17, 15) is 19.2 Å². The Morgan fingerprint density at radius 3 is 2.06 bits per heavy atom. The normalized spacial score (nSPS) is 10.9. The van der Waals surface area contributed by atoms with E-state index in [-0.39, 0.29) is 17.7 Å². The predicted octanol–water partition coefficient (Wildman–Crippen LogP) is 5.37. The second-order valence-electron chi connectivity index (χ2n) is 7.93. The molecule has 0 N–H and O–H groups in total. The van der Waals surface area contributed by atoms with Crippen molar-refractivity contribution in [3.8, 4) is 0 Å². The van der Waals surface area contributed by atoms with Gasteiger partial charge in [-0.1, -0.05) is 72.8 Å². The van der Waals surface area contributed by atoms with Crippen molar-refractivity contribution in [2.45, 2.75) is 6.61 Å². The minimum atomic E-state index is -0.662. The fraction of sp³-hybridized carbons (Fsp3) is 0.0345. The second-order valence-corrected chi connectivity index (χ2v) is 7.93. The molecule has 1 aromatic heterocycles. The van der Waals surface area contributed by atoms with Crippen molar-refractivity contribution >= 4 is 39.3 Å². The SMILES string of the molecule is O=C(OCc1cc(=O)oc2ccc3ccccc3c12)c1ccc(C(=O)C(=O)c2ccccc2)cc1. The number of carbonyl (C=O) groups excluding carboxylic acids is 3. The first kappa shape index (κ1) is 22.0. The Kier molecular flexibility index (Phi) is 5.77. The van der Waals surface area contributed by atoms with Crippen LogP contribution in [0.15, 0.2) is 106 Å². The van der Waals surface area contributed by atoms with E-state index in [4.69, 9.17) is 9.15 Å². The maximum absolute atomic E-state index is 12.7. The van der Waals surface area contributed by atoms with Crippen LogP contribution in [-0.2, 0) is 11.3 Å². The number of hydrogen-bond donors (Lipinski definition) is 0. The van der Waals surface area contributed by atoms with Crippen LogP contribution in [0.4, 0.5) is 0 Å². The van der Waals surface area contributed by atoms with Crippen LogP contribution >= 0.6 is 0 Å². The smallest absolute Gasteiger partial charge is 0.338 e. The van der Waals surface area contributed by atoms with E-state index >= 15 is 0 Å². The molecule has 170 valence electrons. The zero-order valence-corrected chi connectivity index (χ0v) is 18.4. The van der Waals surface area contributed by atoms with E-state index in [1.165, 1.54) is 30.3 Å². The van der Waals surface area contributed by atoms with Crippen molar-refractivity contribution in [3.63, 3.8) is 0 Å². The first-order valence-corrected chi connectivity index (χ1v) is 10.9. The molecule has 0 saturated heterocycles. The van der Waals surface area contributed by atoms with Crippen LogP contribution in [0.5, 0.6) is 0 Å². The van der Waals surface area contributed by atoms with Gasteiger partial charge in [0.15, 0.2) is 0 Å². The Bertz CT molecular complexity index is 1650. The summed E-state index contributed by atoms with van der Waals surface area (Å²) >= 11 is 0. The summed E-state index contributed by atoms with van der Waals surface area (Å²) in [6.07, 6.45) is 0. The van der Waals surface area contributed by atoms with Gasteiger partial charge in [-0.25, -0.2) is 9.59 Å². The molecule has 0 unspecified atom stereocenters.